The summed E-state index contributed by atoms with van der Waals surface area (Å²) in [6, 6.07) is 11.2. The molecule has 0 bridgehead atoms. The van der Waals surface area contributed by atoms with Gasteiger partial charge in [0.2, 0.25) is 0 Å². The van der Waals surface area contributed by atoms with Crippen molar-refractivity contribution in [2.24, 2.45) is 0 Å². The van der Waals surface area contributed by atoms with Crippen molar-refractivity contribution in [3.8, 4) is 11.5 Å². The first kappa shape index (κ1) is 19.7. The van der Waals surface area contributed by atoms with Crippen LogP contribution >= 0.6 is 0 Å². The summed E-state index contributed by atoms with van der Waals surface area (Å²) in [6.07, 6.45) is 0.309. The molecule has 148 valence electrons. The summed E-state index contributed by atoms with van der Waals surface area (Å²) in [6.45, 7) is 8.21. The van der Waals surface area contributed by atoms with E-state index >= 15 is 0 Å². The van der Waals surface area contributed by atoms with Gasteiger partial charge in [0.25, 0.3) is 11.8 Å². The highest BCUT2D eigenvalue weighted by molar-refractivity contribution is 6.00. The highest BCUT2D eigenvalue weighted by atomic mass is 16.5. The molecule has 1 unspecified atom stereocenters. The van der Waals surface area contributed by atoms with E-state index in [2.05, 4.69) is 5.32 Å². The molecule has 2 amide bonds. The Morgan fingerprint density at radius 2 is 1.93 bits per heavy atom. The molecule has 2 aromatic rings. The molecule has 0 aromatic heterocycles. The van der Waals surface area contributed by atoms with Gasteiger partial charge < -0.3 is 19.7 Å². The van der Waals surface area contributed by atoms with Crippen LogP contribution in [0, 0.1) is 13.8 Å². The number of anilines is 2. The lowest BCUT2D eigenvalue weighted by Crippen LogP contribution is -2.44. The van der Waals surface area contributed by atoms with Gasteiger partial charge in [0.05, 0.1) is 5.69 Å². The number of nitrogens with zero attached hydrogens (tertiary/aromatic N) is 1. The molecule has 0 saturated heterocycles. The van der Waals surface area contributed by atoms with Crippen LogP contribution in [0.25, 0.3) is 0 Å². The van der Waals surface area contributed by atoms with Crippen molar-refractivity contribution in [3.05, 3.63) is 47.5 Å². The second kappa shape index (κ2) is 8.33. The Hall–Kier alpha value is -3.02. The van der Waals surface area contributed by atoms with Crippen molar-refractivity contribution in [1.82, 2.24) is 0 Å². The molecule has 1 heterocycles. The number of carbonyl (C=O) groups excluding carboxylic acids is 2. The normalized spacial score (nSPS) is 15.6. The summed E-state index contributed by atoms with van der Waals surface area (Å²) in [5.41, 5.74) is 3.32. The maximum Gasteiger partial charge on any atom is 0.267 e. The summed E-state index contributed by atoms with van der Waals surface area (Å²) in [5, 5.41) is 2.83. The van der Waals surface area contributed by atoms with Crippen LogP contribution < -0.4 is 19.7 Å². The summed E-state index contributed by atoms with van der Waals surface area (Å²) >= 11 is 0. The minimum absolute atomic E-state index is 0.0480. The molecule has 0 radical (unpaired) electrons. The first-order valence-corrected chi connectivity index (χ1v) is 9.51. The lowest BCUT2D eigenvalue weighted by atomic mass is 10.1. The SMILES string of the molecule is CCCN1C(=O)C(C)Oc2cc(NC(=O)COc3c(C)cccc3C)ccc21. The predicted molar refractivity (Wildman–Crippen MR) is 109 cm³/mol. The molecule has 1 N–H and O–H groups in total. The fourth-order valence-electron chi connectivity index (χ4n) is 3.30. The van der Waals surface area contributed by atoms with Crippen molar-refractivity contribution in [1.29, 1.82) is 0 Å². The number of benzene rings is 2. The number of fused-ring (bicyclic) bond motifs is 1. The van der Waals surface area contributed by atoms with E-state index in [-0.39, 0.29) is 18.4 Å². The average Bonchev–Trinajstić information content (AvgIpc) is 2.65. The molecule has 0 fully saturated rings. The highest BCUT2D eigenvalue weighted by Gasteiger charge is 2.31. The van der Waals surface area contributed by atoms with Crippen LogP contribution in [0.4, 0.5) is 11.4 Å². The third-order valence-corrected chi connectivity index (χ3v) is 4.66. The molecule has 0 aliphatic carbocycles. The summed E-state index contributed by atoms with van der Waals surface area (Å²) in [4.78, 5) is 26.4. The highest BCUT2D eigenvalue weighted by Crippen LogP contribution is 2.36. The molecule has 0 saturated carbocycles. The average molecular weight is 382 g/mol. The van der Waals surface area contributed by atoms with Crippen LogP contribution in [0.1, 0.15) is 31.4 Å². The van der Waals surface area contributed by atoms with E-state index in [9.17, 15) is 9.59 Å². The van der Waals surface area contributed by atoms with Gasteiger partial charge in [0.15, 0.2) is 12.7 Å². The first-order chi connectivity index (χ1) is 13.4. The first-order valence-electron chi connectivity index (χ1n) is 9.51. The molecule has 0 spiro atoms. The molecule has 2 aromatic carbocycles. The van der Waals surface area contributed by atoms with E-state index in [0.717, 1.165) is 29.0 Å². The van der Waals surface area contributed by atoms with E-state index in [4.69, 9.17) is 9.47 Å². The number of aryl methyl sites for hydroxylation is 2. The number of rotatable bonds is 6. The third-order valence-electron chi connectivity index (χ3n) is 4.66. The van der Waals surface area contributed by atoms with Gasteiger partial charge in [-0.05, 0) is 50.5 Å². The lowest BCUT2D eigenvalue weighted by Gasteiger charge is -2.33. The largest absolute Gasteiger partial charge is 0.483 e. The van der Waals surface area contributed by atoms with Crippen molar-refractivity contribution < 1.29 is 19.1 Å². The number of nitrogens with one attached hydrogen (secondary N) is 1. The topological polar surface area (TPSA) is 67.9 Å². The van der Waals surface area contributed by atoms with Crippen LogP contribution in [0.15, 0.2) is 36.4 Å². The number of amides is 2. The van der Waals surface area contributed by atoms with E-state index in [0.29, 0.717) is 18.0 Å². The van der Waals surface area contributed by atoms with E-state index in [1.54, 1.807) is 30.0 Å². The van der Waals surface area contributed by atoms with Crippen LogP contribution in [-0.4, -0.2) is 31.1 Å². The fraction of sp³-hybridized carbons (Fsp3) is 0.364. The minimum Gasteiger partial charge on any atom is -0.483 e. The maximum atomic E-state index is 12.3. The van der Waals surface area contributed by atoms with E-state index in [1.807, 2.05) is 39.0 Å². The quantitative estimate of drug-likeness (QED) is 0.824. The van der Waals surface area contributed by atoms with Gasteiger partial charge in [0, 0.05) is 18.3 Å². The number of para-hydroxylation sites is 1. The molecule has 6 nitrogen and oxygen atoms in total. The number of carbonyl (C=O) groups is 2. The Morgan fingerprint density at radius 1 is 1.21 bits per heavy atom. The second-order valence-electron chi connectivity index (χ2n) is 6.99. The molecular weight excluding hydrogens is 356 g/mol. The van der Waals surface area contributed by atoms with Gasteiger partial charge in [-0.1, -0.05) is 25.1 Å². The standard InChI is InChI=1S/C22H26N2O4/c1-5-11-24-18-10-9-17(12-19(18)28-16(4)22(24)26)23-20(25)13-27-21-14(2)7-6-8-15(21)3/h6-10,12,16H,5,11,13H2,1-4H3,(H,23,25). The third kappa shape index (κ3) is 4.11. The molecule has 1 atom stereocenters. The Labute approximate surface area is 165 Å². The number of ether oxygens (including phenoxy) is 2. The van der Waals surface area contributed by atoms with Crippen molar-refractivity contribution in [3.63, 3.8) is 0 Å². The molecule has 1 aliphatic heterocycles. The zero-order chi connectivity index (χ0) is 20.3. The van der Waals surface area contributed by atoms with Gasteiger partial charge in [-0.25, -0.2) is 0 Å². The minimum atomic E-state index is -0.544. The number of hydrogen-bond acceptors (Lipinski definition) is 4. The summed E-state index contributed by atoms with van der Waals surface area (Å²) in [5.74, 6) is 1.02. The zero-order valence-corrected chi connectivity index (χ0v) is 16.7. The Kier molecular flexibility index (Phi) is 5.87. The second-order valence-corrected chi connectivity index (χ2v) is 6.99. The molecule has 3 rings (SSSR count). The van der Waals surface area contributed by atoms with E-state index in [1.165, 1.54) is 0 Å². The molecule has 1 aliphatic rings. The van der Waals surface area contributed by atoms with Crippen LogP contribution in [0.5, 0.6) is 11.5 Å². The Morgan fingerprint density at radius 3 is 2.61 bits per heavy atom. The van der Waals surface area contributed by atoms with Gasteiger partial charge in [0.1, 0.15) is 11.5 Å². The van der Waals surface area contributed by atoms with Crippen molar-refractivity contribution in [2.75, 3.05) is 23.4 Å². The molecule has 28 heavy (non-hydrogen) atoms. The Bertz CT molecular complexity index is 874. The van der Waals surface area contributed by atoms with Crippen LogP contribution in [-0.2, 0) is 9.59 Å². The van der Waals surface area contributed by atoms with Gasteiger partial charge in [-0.2, -0.15) is 0 Å². The summed E-state index contributed by atoms with van der Waals surface area (Å²) in [7, 11) is 0. The van der Waals surface area contributed by atoms with Gasteiger partial charge in [-0.15, -0.1) is 0 Å². The zero-order valence-electron chi connectivity index (χ0n) is 16.7. The molecular formula is C22H26N2O4. The molecule has 6 heteroatoms. The van der Waals surface area contributed by atoms with E-state index < -0.39 is 6.10 Å². The van der Waals surface area contributed by atoms with Gasteiger partial charge in [-0.3, -0.25) is 9.59 Å². The summed E-state index contributed by atoms with van der Waals surface area (Å²) < 4.78 is 11.4. The van der Waals surface area contributed by atoms with Gasteiger partial charge >= 0.3 is 0 Å². The monoisotopic (exact) mass is 382 g/mol. The van der Waals surface area contributed by atoms with Crippen molar-refractivity contribution in [2.45, 2.75) is 40.2 Å². The fourth-order valence-corrected chi connectivity index (χ4v) is 3.30. The predicted octanol–water partition coefficient (Wildman–Crippen LogP) is 3.84. The Balaban J connectivity index is 1.69. The number of hydrogen-bond donors (Lipinski definition) is 1. The van der Waals surface area contributed by atoms with Crippen LogP contribution in [0.3, 0.4) is 0 Å². The smallest absolute Gasteiger partial charge is 0.267 e. The maximum absolute atomic E-state index is 12.3. The lowest BCUT2D eigenvalue weighted by molar-refractivity contribution is -0.125. The van der Waals surface area contributed by atoms with Crippen molar-refractivity contribution >= 4 is 23.2 Å². The van der Waals surface area contributed by atoms with Crippen LogP contribution in [0.2, 0.25) is 0 Å².